The molecule has 0 bridgehead atoms. The Kier molecular flexibility index (Phi) is 8.31. The van der Waals surface area contributed by atoms with Crippen molar-refractivity contribution in [3.8, 4) is 23.3 Å². The van der Waals surface area contributed by atoms with Crippen molar-refractivity contribution in [2.75, 3.05) is 37.7 Å². The average Bonchev–Trinajstić information content (AvgIpc) is 2.88. The summed E-state index contributed by atoms with van der Waals surface area (Å²) in [5.41, 5.74) is 1.34. The van der Waals surface area contributed by atoms with Gasteiger partial charge in [-0.15, -0.1) is 5.92 Å². The zero-order valence-electron chi connectivity index (χ0n) is 19.9. The maximum absolute atomic E-state index is 13.4. The van der Waals surface area contributed by atoms with Crippen LogP contribution >= 0.6 is 11.6 Å². The second kappa shape index (κ2) is 11.6. The van der Waals surface area contributed by atoms with E-state index in [2.05, 4.69) is 16.9 Å². The molecule has 1 aromatic heterocycles. The third-order valence-electron chi connectivity index (χ3n) is 5.72. The van der Waals surface area contributed by atoms with Crippen LogP contribution in [-0.4, -0.2) is 55.3 Å². The van der Waals surface area contributed by atoms with E-state index in [9.17, 15) is 13.2 Å². The van der Waals surface area contributed by atoms with Crippen molar-refractivity contribution in [2.24, 2.45) is 0 Å². The Bertz CT molecular complexity index is 1420. The fourth-order valence-corrected chi connectivity index (χ4v) is 5.65. The van der Waals surface area contributed by atoms with Crippen molar-refractivity contribution in [2.45, 2.75) is 19.1 Å². The van der Waals surface area contributed by atoms with Crippen molar-refractivity contribution < 1.29 is 13.2 Å². The Morgan fingerprint density at radius 2 is 1.78 bits per heavy atom. The maximum atomic E-state index is 13.4. The van der Waals surface area contributed by atoms with Crippen LogP contribution in [0.2, 0.25) is 5.02 Å². The Morgan fingerprint density at radius 1 is 1.03 bits per heavy atom. The standard InChI is InChI=1S/C26H27ClN4O4S/c1-2-3-7-17-35-25-24(19-28-31(26(25)32)23-12-8-11-22(27)18-23)29-13-15-30(16-14-29)36(33,34)20-21-9-5-4-6-10-21/h4-6,8-12,18-19H,2,13-17,20H2,1H3. The number of aromatic nitrogens is 2. The Labute approximate surface area is 216 Å². The zero-order valence-corrected chi connectivity index (χ0v) is 21.5. The van der Waals surface area contributed by atoms with Crippen molar-refractivity contribution in [1.82, 2.24) is 14.1 Å². The van der Waals surface area contributed by atoms with Crippen molar-refractivity contribution in [3.63, 3.8) is 0 Å². The maximum Gasteiger partial charge on any atom is 0.316 e. The number of hydrogen-bond donors (Lipinski definition) is 0. The summed E-state index contributed by atoms with van der Waals surface area (Å²) >= 11 is 6.11. The van der Waals surface area contributed by atoms with Gasteiger partial charge in [0, 0.05) is 37.6 Å². The molecule has 10 heteroatoms. The fourth-order valence-electron chi connectivity index (χ4n) is 3.95. The molecule has 0 spiro atoms. The molecule has 1 aliphatic heterocycles. The van der Waals surface area contributed by atoms with Gasteiger partial charge in [-0.05, 0) is 23.8 Å². The minimum Gasteiger partial charge on any atom is -0.473 e. The Morgan fingerprint density at radius 3 is 2.47 bits per heavy atom. The van der Waals surface area contributed by atoms with Crippen LogP contribution in [0.4, 0.5) is 5.69 Å². The van der Waals surface area contributed by atoms with E-state index in [4.69, 9.17) is 16.3 Å². The molecular weight excluding hydrogens is 500 g/mol. The van der Waals surface area contributed by atoms with Crippen LogP contribution in [0.1, 0.15) is 18.9 Å². The van der Waals surface area contributed by atoms with Crippen molar-refractivity contribution >= 4 is 27.3 Å². The summed E-state index contributed by atoms with van der Waals surface area (Å²) in [6.07, 6.45) is 2.25. The van der Waals surface area contributed by atoms with E-state index in [0.29, 0.717) is 49.0 Å². The highest BCUT2D eigenvalue weighted by atomic mass is 35.5. The van der Waals surface area contributed by atoms with Crippen LogP contribution in [0, 0.1) is 11.8 Å². The molecule has 0 aliphatic carbocycles. The molecule has 1 fully saturated rings. The van der Waals surface area contributed by atoms with Gasteiger partial charge in [-0.1, -0.05) is 60.8 Å². The average molecular weight is 527 g/mol. The highest BCUT2D eigenvalue weighted by Gasteiger charge is 2.29. The van der Waals surface area contributed by atoms with E-state index in [1.165, 1.54) is 8.99 Å². The first-order valence-electron chi connectivity index (χ1n) is 11.6. The summed E-state index contributed by atoms with van der Waals surface area (Å²) in [5, 5.41) is 4.83. The summed E-state index contributed by atoms with van der Waals surface area (Å²) in [4.78, 5) is 15.3. The Hall–Kier alpha value is -3.32. The number of nitrogens with zero attached hydrogens (tertiary/aromatic N) is 4. The van der Waals surface area contributed by atoms with Crippen molar-refractivity contribution in [3.05, 3.63) is 81.7 Å². The number of anilines is 1. The number of halogens is 1. The van der Waals surface area contributed by atoms with Crippen molar-refractivity contribution in [1.29, 1.82) is 0 Å². The van der Waals surface area contributed by atoms with Gasteiger partial charge in [-0.25, -0.2) is 8.42 Å². The lowest BCUT2D eigenvalue weighted by atomic mass is 10.2. The molecule has 3 aromatic rings. The quantitative estimate of drug-likeness (QED) is 0.439. The molecule has 0 amide bonds. The smallest absolute Gasteiger partial charge is 0.316 e. The molecular formula is C26H27ClN4O4S. The summed E-state index contributed by atoms with van der Waals surface area (Å²) in [7, 11) is -3.46. The van der Waals surface area contributed by atoms with Crippen LogP contribution in [0.5, 0.6) is 5.75 Å². The minimum atomic E-state index is -3.46. The second-order valence-corrected chi connectivity index (χ2v) is 10.6. The van der Waals surface area contributed by atoms with E-state index in [1.54, 1.807) is 42.6 Å². The van der Waals surface area contributed by atoms with Gasteiger partial charge in [-0.2, -0.15) is 14.1 Å². The molecule has 2 heterocycles. The SMILES string of the molecule is CCC#CCOc1c(N2CCN(S(=O)(=O)Cc3ccccc3)CC2)cnn(-c2cccc(Cl)c2)c1=O. The van der Waals surface area contributed by atoms with E-state index < -0.39 is 15.6 Å². The normalized spacial score (nSPS) is 14.2. The Balaban J connectivity index is 1.57. The number of hydrogen-bond acceptors (Lipinski definition) is 6. The predicted octanol–water partition coefficient (Wildman–Crippen LogP) is 3.33. The third kappa shape index (κ3) is 6.08. The number of ether oxygens (including phenoxy) is 1. The van der Waals surface area contributed by atoms with Crippen LogP contribution in [0.3, 0.4) is 0 Å². The molecule has 1 saturated heterocycles. The van der Waals surface area contributed by atoms with E-state index in [-0.39, 0.29) is 18.1 Å². The van der Waals surface area contributed by atoms with Gasteiger partial charge in [0.2, 0.25) is 15.8 Å². The highest BCUT2D eigenvalue weighted by Crippen LogP contribution is 2.26. The van der Waals surface area contributed by atoms with E-state index in [0.717, 1.165) is 5.56 Å². The number of benzene rings is 2. The molecule has 8 nitrogen and oxygen atoms in total. The van der Waals surface area contributed by atoms with E-state index >= 15 is 0 Å². The minimum absolute atomic E-state index is 0.0461. The van der Waals surface area contributed by atoms with Gasteiger partial charge < -0.3 is 9.64 Å². The molecule has 0 radical (unpaired) electrons. The fraction of sp³-hybridized carbons (Fsp3) is 0.308. The summed E-state index contributed by atoms with van der Waals surface area (Å²) in [6, 6.07) is 16.0. The number of sulfonamides is 1. The number of rotatable bonds is 7. The number of piperazine rings is 1. The monoisotopic (exact) mass is 526 g/mol. The first-order chi connectivity index (χ1) is 17.4. The van der Waals surface area contributed by atoms with Gasteiger partial charge in [0.05, 0.1) is 17.6 Å². The van der Waals surface area contributed by atoms with E-state index in [1.807, 2.05) is 30.0 Å². The lowest BCUT2D eigenvalue weighted by Crippen LogP contribution is -2.49. The van der Waals surface area contributed by atoms with Gasteiger partial charge in [-0.3, -0.25) is 4.79 Å². The molecule has 188 valence electrons. The molecule has 4 rings (SSSR count). The molecule has 0 atom stereocenters. The molecule has 2 aromatic carbocycles. The molecule has 0 unspecified atom stereocenters. The van der Waals surface area contributed by atoms with Gasteiger partial charge in [0.1, 0.15) is 12.3 Å². The predicted molar refractivity (Wildman–Crippen MR) is 141 cm³/mol. The lowest BCUT2D eigenvalue weighted by Gasteiger charge is -2.35. The summed E-state index contributed by atoms with van der Waals surface area (Å²) in [5.74, 6) is 5.90. The van der Waals surface area contributed by atoms with Crippen LogP contribution in [0.15, 0.2) is 65.6 Å². The lowest BCUT2D eigenvalue weighted by molar-refractivity contribution is 0.353. The first kappa shape index (κ1) is 25.8. The van der Waals surface area contributed by atoms with Gasteiger partial charge in [0.25, 0.3) is 0 Å². The first-order valence-corrected chi connectivity index (χ1v) is 13.6. The zero-order chi connectivity index (χ0) is 25.5. The molecule has 0 N–H and O–H groups in total. The molecule has 1 aliphatic rings. The van der Waals surface area contributed by atoms with Gasteiger partial charge >= 0.3 is 5.56 Å². The molecule has 0 saturated carbocycles. The highest BCUT2D eigenvalue weighted by molar-refractivity contribution is 7.88. The molecule has 36 heavy (non-hydrogen) atoms. The van der Waals surface area contributed by atoms with Crippen LogP contribution in [-0.2, 0) is 15.8 Å². The second-order valence-electron chi connectivity index (χ2n) is 8.18. The van der Waals surface area contributed by atoms with Gasteiger partial charge in [0.15, 0.2) is 0 Å². The topological polar surface area (TPSA) is 84.7 Å². The third-order valence-corrected chi connectivity index (χ3v) is 7.81. The van der Waals surface area contributed by atoms with Crippen LogP contribution in [0.25, 0.3) is 5.69 Å². The summed E-state index contributed by atoms with van der Waals surface area (Å²) in [6.45, 7) is 3.37. The largest absolute Gasteiger partial charge is 0.473 e. The summed E-state index contributed by atoms with van der Waals surface area (Å²) < 4.78 is 34.4. The van der Waals surface area contributed by atoms with Crippen LogP contribution < -0.4 is 15.2 Å².